The number of nitrogens with one attached hydrogen (secondary N) is 1. The van der Waals surface area contributed by atoms with Crippen molar-refractivity contribution >= 4 is 0 Å². The van der Waals surface area contributed by atoms with Crippen molar-refractivity contribution in [2.45, 2.75) is 65.0 Å². The molecule has 0 radical (unpaired) electrons. The first-order valence-corrected chi connectivity index (χ1v) is 6.57. The molecule has 2 nitrogen and oxygen atoms in total. The summed E-state index contributed by atoms with van der Waals surface area (Å²) in [6, 6.07) is 1.21. The molecule has 0 amide bonds. The maximum absolute atomic E-state index is 5.44. The molecular formula is C13H27NO. The summed E-state index contributed by atoms with van der Waals surface area (Å²) in [5.41, 5.74) is 0. The molecule has 0 spiro atoms. The van der Waals surface area contributed by atoms with E-state index in [-0.39, 0.29) is 0 Å². The highest BCUT2D eigenvalue weighted by atomic mass is 16.5. The zero-order valence-corrected chi connectivity index (χ0v) is 10.6. The summed E-state index contributed by atoms with van der Waals surface area (Å²) in [5.74, 6) is 0.830. The molecule has 0 aromatic carbocycles. The number of rotatable bonds is 5. The molecule has 1 aliphatic carbocycles. The summed E-state index contributed by atoms with van der Waals surface area (Å²) in [6.07, 6.45) is 6.96. The van der Waals surface area contributed by atoms with Crippen LogP contribution < -0.4 is 5.32 Å². The van der Waals surface area contributed by atoms with Gasteiger partial charge in [-0.3, -0.25) is 0 Å². The third-order valence-corrected chi connectivity index (χ3v) is 3.43. The molecule has 0 aromatic rings. The molecule has 2 heteroatoms. The van der Waals surface area contributed by atoms with Crippen molar-refractivity contribution < 1.29 is 4.74 Å². The minimum atomic E-state index is 0.496. The second-order valence-electron chi connectivity index (χ2n) is 4.95. The van der Waals surface area contributed by atoms with Gasteiger partial charge in [0.2, 0.25) is 0 Å². The summed E-state index contributed by atoms with van der Waals surface area (Å²) < 4.78 is 5.44. The lowest BCUT2D eigenvalue weighted by Gasteiger charge is -2.26. The lowest BCUT2D eigenvalue weighted by atomic mass is 9.96. The van der Waals surface area contributed by atoms with E-state index in [0.717, 1.165) is 19.1 Å². The summed E-state index contributed by atoms with van der Waals surface area (Å²) in [5, 5.41) is 3.72. The molecule has 1 fully saturated rings. The molecule has 3 atom stereocenters. The van der Waals surface area contributed by atoms with Gasteiger partial charge in [0.05, 0.1) is 6.61 Å². The lowest BCUT2D eigenvalue weighted by Crippen LogP contribution is -2.42. The van der Waals surface area contributed by atoms with Crippen molar-refractivity contribution in [3.8, 4) is 0 Å². The second kappa shape index (κ2) is 7.24. The van der Waals surface area contributed by atoms with Gasteiger partial charge in [-0.1, -0.05) is 26.2 Å². The van der Waals surface area contributed by atoms with E-state index < -0.39 is 0 Å². The highest BCUT2D eigenvalue weighted by Crippen LogP contribution is 2.23. The Morgan fingerprint density at radius 2 is 2.00 bits per heavy atom. The van der Waals surface area contributed by atoms with Crippen LogP contribution in [0.3, 0.4) is 0 Å². The monoisotopic (exact) mass is 213 g/mol. The zero-order valence-electron chi connectivity index (χ0n) is 10.6. The van der Waals surface area contributed by atoms with Crippen LogP contribution in [0.1, 0.15) is 52.9 Å². The Morgan fingerprint density at radius 3 is 2.73 bits per heavy atom. The molecule has 3 unspecified atom stereocenters. The van der Waals surface area contributed by atoms with E-state index in [4.69, 9.17) is 4.74 Å². The Balaban J connectivity index is 2.27. The predicted octanol–water partition coefficient (Wildman–Crippen LogP) is 2.97. The van der Waals surface area contributed by atoms with Crippen molar-refractivity contribution in [2.24, 2.45) is 5.92 Å². The molecule has 0 saturated heterocycles. The Bertz CT molecular complexity index is 161. The van der Waals surface area contributed by atoms with Crippen LogP contribution in [0.4, 0.5) is 0 Å². The quantitative estimate of drug-likeness (QED) is 0.709. The molecular weight excluding hydrogens is 186 g/mol. The third kappa shape index (κ3) is 4.98. The Morgan fingerprint density at radius 1 is 1.27 bits per heavy atom. The van der Waals surface area contributed by atoms with Crippen LogP contribution in [0.2, 0.25) is 0 Å². The number of hydrogen-bond acceptors (Lipinski definition) is 2. The van der Waals surface area contributed by atoms with Crippen molar-refractivity contribution in [3.63, 3.8) is 0 Å². The van der Waals surface area contributed by atoms with Gasteiger partial charge < -0.3 is 10.1 Å². The maximum Gasteiger partial charge on any atom is 0.0616 e. The molecule has 90 valence electrons. The van der Waals surface area contributed by atoms with Crippen molar-refractivity contribution in [1.29, 1.82) is 0 Å². The molecule has 0 aromatic heterocycles. The van der Waals surface area contributed by atoms with E-state index in [9.17, 15) is 0 Å². The van der Waals surface area contributed by atoms with Crippen molar-refractivity contribution in [1.82, 2.24) is 5.32 Å². The normalized spacial score (nSPS) is 29.8. The predicted molar refractivity (Wildman–Crippen MR) is 65.1 cm³/mol. The maximum atomic E-state index is 5.44. The summed E-state index contributed by atoms with van der Waals surface area (Å²) in [7, 11) is 0. The molecule has 0 heterocycles. The number of hydrogen-bond donors (Lipinski definition) is 1. The van der Waals surface area contributed by atoms with Crippen LogP contribution >= 0.6 is 0 Å². The van der Waals surface area contributed by atoms with E-state index in [1.807, 2.05) is 0 Å². The lowest BCUT2D eigenvalue weighted by molar-refractivity contribution is 0.119. The van der Waals surface area contributed by atoms with E-state index >= 15 is 0 Å². The van der Waals surface area contributed by atoms with Crippen LogP contribution in [0.15, 0.2) is 0 Å². The minimum absolute atomic E-state index is 0.496. The first kappa shape index (κ1) is 13.0. The molecule has 1 saturated carbocycles. The SMILES string of the molecule is CCOCC(C)NC1CCCCCC1C. The fraction of sp³-hybridized carbons (Fsp3) is 1.00. The van der Waals surface area contributed by atoms with Crippen LogP contribution in [0.25, 0.3) is 0 Å². The van der Waals surface area contributed by atoms with Crippen molar-refractivity contribution in [3.05, 3.63) is 0 Å². The standard InChI is InChI=1S/C13H27NO/c1-4-15-10-12(3)14-13-9-7-5-6-8-11(13)2/h11-14H,4-10H2,1-3H3. The van der Waals surface area contributed by atoms with Crippen LogP contribution in [-0.2, 0) is 4.74 Å². The third-order valence-electron chi connectivity index (χ3n) is 3.43. The number of ether oxygens (including phenoxy) is 1. The van der Waals surface area contributed by atoms with Gasteiger partial charge in [-0.25, -0.2) is 0 Å². The molecule has 15 heavy (non-hydrogen) atoms. The summed E-state index contributed by atoms with van der Waals surface area (Å²) in [6.45, 7) is 8.34. The van der Waals surface area contributed by atoms with Crippen LogP contribution in [0.5, 0.6) is 0 Å². The largest absolute Gasteiger partial charge is 0.380 e. The van der Waals surface area contributed by atoms with E-state index in [0.29, 0.717) is 12.1 Å². The van der Waals surface area contributed by atoms with Gasteiger partial charge in [-0.05, 0) is 32.6 Å². The molecule has 1 aliphatic rings. The Kier molecular flexibility index (Phi) is 6.26. The van der Waals surface area contributed by atoms with Gasteiger partial charge in [-0.2, -0.15) is 0 Å². The van der Waals surface area contributed by atoms with Crippen LogP contribution in [0, 0.1) is 5.92 Å². The molecule has 0 bridgehead atoms. The molecule has 1 rings (SSSR count). The van der Waals surface area contributed by atoms with E-state index in [2.05, 4.69) is 26.1 Å². The molecule has 0 aliphatic heterocycles. The average Bonchev–Trinajstić information content (AvgIpc) is 2.42. The topological polar surface area (TPSA) is 21.3 Å². The van der Waals surface area contributed by atoms with Gasteiger partial charge in [0.25, 0.3) is 0 Å². The van der Waals surface area contributed by atoms with Crippen LogP contribution in [-0.4, -0.2) is 25.3 Å². The van der Waals surface area contributed by atoms with Gasteiger partial charge in [0.15, 0.2) is 0 Å². The highest BCUT2D eigenvalue weighted by molar-refractivity contribution is 4.79. The first-order chi connectivity index (χ1) is 7.24. The zero-order chi connectivity index (χ0) is 11.1. The fourth-order valence-corrected chi connectivity index (χ4v) is 2.45. The first-order valence-electron chi connectivity index (χ1n) is 6.57. The minimum Gasteiger partial charge on any atom is -0.380 e. The van der Waals surface area contributed by atoms with Gasteiger partial charge in [0, 0.05) is 18.7 Å². The van der Waals surface area contributed by atoms with Gasteiger partial charge in [0.1, 0.15) is 0 Å². The molecule has 1 N–H and O–H groups in total. The highest BCUT2D eigenvalue weighted by Gasteiger charge is 2.20. The van der Waals surface area contributed by atoms with Gasteiger partial charge >= 0.3 is 0 Å². The smallest absolute Gasteiger partial charge is 0.0616 e. The van der Waals surface area contributed by atoms with Gasteiger partial charge in [-0.15, -0.1) is 0 Å². The van der Waals surface area contributed by atoms with E-state index in [1.54, 1.807) is 0 Å². The average molecular weight is 213 g/mol. The second-order valence-corrected chi connectivity index (χ2v) is 4.95. The summed E-state index contributed by atoms with van der Waals surface area (Å²) >= 11 is 0. The Hall–Kier alpha value is -0.0800. The van der Waals surface area contributed by atoms with Crippen molar-refractivity contribution in [2.75, 3.05) is 13.2 Å². The van der Waals surface area contributed by atoms with E-state index in [1.165, 1.54) is 32.1 Å². The summed E-state index contributed by atoms with van der Waals surface area (Å²) in [4.78, 5) is 0. The Labute approximate surface area is 94.8 Å². The fourth-order valence-electron chi connectivity index (χ4n) is 2.45.